The molecule has 0 radical (unpaired) electrons. The van der Waals surface area contributed by atoms with Crippen LogP contribution in [0.1, 0.15) is 31.4 Å². The normalized spacial score (nSPS) is 15.5. The Labute approximate surface area is 162 Å². The van der Waals surface area contributed by atoms with Gasteiger partial charge >= 0.3 is 0 Å². The van der Waals surface area contributed by atoms with Gasteiger partial charge in [-0.3, -0.25) is 0 Å². The quantitative estimate of drug-likeness (QED) is 0.666. The van der Waals surface area contributed by atoms with Gasteiger partial charge in [-0.2, -0.15) is 0 Å². The summed E-state index contributed by atoms with van der Waals surface area (Å²) in [6, 6.07) is 12.3. The highest BCUT2D eigenvalue weighted by Crippen LogP contribution is 2.42. The van der Waals surface area contributed by atoms with Crippen LogP contribution < -0.4 is 14.2 Å². The maximum absolute atomic E-state index is 13.1. The van der Waals surface area contributed by atoms with Crippen molar-refractivity contribution in [1.82, 2.24) is 4.72 Å². The molecule has 2 aromatic rings. The second kappa shape index (κ2) is 7.98. The minimum atomic E-state index is -3.74. The number of sulfonamides is 1. The van der Waals surface area contributed by atoms with Crippen LogP contribution in [-0.2, 0) is 10.0 Å². The van der Waals surface area contributed by atoms with Crippen molar-refractivity contribution in [3.8, 4) is 11.5 Å². The van der Waals surface area contributed by atoms with E-state index >= 15 is 0 Å². The van der Waals surface area contributed by atoms with Crippen molar-refractivity contribution in [3.63, 3.8) is 0 Å². The van der Waals surface area contributed by atoms with Crippen molar-refractivity contribution in [2.24, 2.45) is 5.92 Å². The molecule has 26 heavy (non-hydrogen) atoms. The Morgan fingerprint density at radius 1 is 1.19 bits per heavy atom. The lowest BCUT2D eigenvalue weighted by molar-refractivity contribution is 0.330. The van der Waals surface area contributed by atoms with E-state index in [0.29, 0.717) is 22.7 Å². The molecule has 1 atom stereocenters. The standard InChI is InChI=1S/C19H22BrNO4S/c1-3-25-17-11-8-15(20)12-18(17)26(22,23)21-19(13-4-5-13)14-6-9-16(24-2)10-7-14/h6-13,19,21H,3-5H2,1-2H3/t19-/m1/s1. The van der Waals surface area contributed by atoms with Crippen LogP contribution >= 0.6 is 15.9 Å². The number of rotatable bonds is 8. The second-order valence-electron chi connectivity index (χ2n) is 6.23. The van der Waals surface area contributed by atoms with Crippen molar-refractivity contribution in [2.75, 3.05) is 13.7 Å². The third-order valence-electron chi connectivity index (χ3n) is 4.35. The molecule has 0 unspecified atom stereocenters. The summed E-state index contributed by atoms with van der Waals surface area (Å²) in [7, 11) is -2.13. The van der Waals surface area contributed by atoms with Crippen LogP contribution in [0.3, 0.4) is 0 Å². The van der Waals surface area contributed by atoms with E-state index in [4.69, 9.17) is 9.47 Å². The Balaban J connectivity index is 1.92. The molecule has 0 amide bonds. The van der Waals surface area contributed by atoms with Gasteiger partial charge in [0.05, 0.1) is 13.7 Å². The summed E-state index contributed by atoms with van der Waals surface area (Å²) in [6.45, 7) is 2.23. The van der Waals surface area contributed by atoms with E-state index in [2.05, 4.69) is 20.7 Å². The lowest BCUT2D eigenvalue weighted by atomic mass is 10.0. The summed E-state index contributed by atoms with van der Waals surface area (Å²) in [5.74, 6) is 1.41. The molecule has 0 heterocycles. The lowest BCUT2D eigenvalue weighted by Gasteiger charge is -2.20. The predicted molar refractivity (Wildman–Crippen MR) is 104 cm³/mol. The molecule has 1 aliphatic carbocycles. The molecule has 1 fully saturated rings. The minimum absolute atomic E-state index is 0.146. The molecular formula is C19H22BrNO4S. The number of benzene rings is 2. The van der Waals surface area contributed by atoms with Crippen molar-refractivity contribution >= 4 is 26.0 Å². The monoisotopic (exact) mass is 439 g/mol. The molecule has 1 saturated carbocycles. The summed E-state index contributed by atoms with van der Waals surface area (Å²) in [5, 5.41) is 0. The van der Waals surface area contributed by atoms with E-state index in [0.717, 1.165) is 24.2 Å². The number of hydrogen-bond acceptors (Lipinski definition) is 4. The molecule has 0 spiro atoms. The first-order valence-corrected chi connectivity index (χ1v) is 10.8. The molecule has 0 saturated heterocycles. The van der Waals surface area contributed by atoms with E-state index in [9.17, 15) is 8.42 Å². The van der Waals surface area contributed by atoms with Crippen LogP contribution in [0.15, 0.2) is 51.8 Å². The highest BCUT2D eigenvalue weighted by Gasteiger charge is 2.36. The number of ether oxygens (including phenoxy) is 2. The number of nitrogens with one attached hydrogen (secondary N) is 1. The van der Waals surface area contributed by atoms with Crippen LogP contribution in [0, 0.1) is 5.92 Å². The Morgan fingerprint density at radius 3 is 2.46 bits per heavy atom. The maximum atomic E-state index is 13.1. The molecule has 3 rings (SSSR count). The SMILES string of the molecule is CCOc1ccc(Br)cc1S(=O)(=O)N[C@@H](c1ccc(OC)cc1)C1CC1. The van der Waals surface area contributed by atoms with Crippen LogP contribution in [0.25, 0.3) is 0 Å². The number of halogens is 1. The van der Waals surface area contributed by atoms with Crippen molar-refractivity contribution in [1.29, 1.82) is 0 Å². The Bertz CT molecular complexity index is 864. The van der Waals surface area contributed by atoms with E-state index in [-0.39, 0.29) is 10.9 Å². The van der Waals surface area contributed by atoms with Crippen LogP contribution in [0.5, 0.6) is 11.5 Å². The molecule has 140 valence electrons. The topological polar surface area (TPSA) is 64.6 Å². The number of methoxy groups -OCH3 is 1. The van der Waals surface area contributed by atoms with Crippen LogP contribution in [0.4, 0.5) is 0 Å². The molecule has 1 N–H and O–H groups in total. The van der Waals surface area contributed by atoms with Gasteiger partial charge in [-0.25, -0.2) is 13.1 Å². The van der Waals surface area contributed by atoms with Gasteiger partial charge < -0.3 is 9.47 Å². The van der Waals surface area contributed by atoms with E-state index in [1.54, 1.807) is 25.3 Å². The van der Waals surface area contributed by atoms with Gasteiger partial charge in [0.2, 0.25) is 10.0 Å². The van der Waals surface area contributed by atoms with Crippen molar-refractivity contribution < 1.29 is 17.9 Å². The number of hydrogen-bond donors (Lipinski definition) is 1. The van der Waals surface area contributed by atoms with Gasteiger partial charge in [-0.1, -0.05) is 28.1 Å². The van der Waals surface area contributed by atoms with E-state index < -0.39 is 10.0 Å². The van der Waals surface area contributed by atoms with Crippen molar-refractivity contribution in [3.05, 3.63) is 52.5 Å². The summed E-state index contributed by atoms with van der Waals surface area (Å²) in [5.41, 5.74) is 0.935. The van der Waals surface area contributed by atoms with Gasteiger partial charge in [-0.15, -0.1) is 0 Å². The highest BCUT2D eigenvalue weighted by molar-refractivity contribution is 9.10. The van der Waals surface area contributed by atoms with Crippen molar-refractivity contribution in [2.45, 2.75) is 30.7 Å². The fourth-order valence-electron chi connectivity index (χ4n) is 2.87. The Morgan fingerprint density at radius 2 is 1.88 bits per heavy atom. The largest absolute Gasteiger partial charge is 0.497 e. The fourth-order valence-corrected chi connectivity index (χ4v) is 4.85. The van der Waals surface area contributed by atoms with Gasteiger partial charge in [-0.05, 0) is 61.6 Å². The molecular weight excluding hydrogens is 418 g/mol. The first-order valence-electron chi connectivity index (χ1n) is 8.53. The summed E-state index contributed by atoms with van der Waals surface area (Å²) < 4.78 is 40.4. The molecule has 2 aromatic carbocycles. The second-order valence-corrected chi connectivity index (χ2v) is 8.83. The average molecular weight is 440 g/mol. The average Bonchev–Trinajstić information content (AvgIpc) is 3.46. The Kier molecular flexibility index (Phi) is 5.89. The summed E-state index contributed by atoms with van der Waals surface area (Å²) in [6.07, 6.45) is 2.02. The van der Waals surface area contributed by atoms with Crippen LogP contribution in [0.2, 0.25) is 0 Å². The Hall–Kier alpha value is -1.57. The molecule has 0 aliphatic heterocycles. The molecule has 0 aromatic heterocycles. The zero-order chi connectivity index (χ0) is 18.7. The zero-order valence-electron chi connectivity index (χ0n) is 14.7. The lowest BCUT2D eigenvalue weighted by Crippen LogP contribution is -2.30. The summed E-state index contributed by atoms with van der Waals surface area (Å²) >= 11 is 3.35. The first-order chi connectivity index (χ1) is 12.4. The third-order valence-corrected chi connectivity index (χ3v) is 6.30. The van der Waals surface area contributed by atoms with E-state index in [1.807, 2.05) is 31.2 Å². The molecule has 7 heteroatoms. The molecule has 0 bridgehead atoms. The highest BCUT2D eigenvalue weighted by atomic mass is 79.9. The van der Waals surface area contributed by atoms with Gasteiger partial charge in [0.25, 0.3) is 0 Å². The fraction of sp³-hybridized carbons (Fsp3) is 0.368. The zero-order valence-corrected chi connectivity index (χ0v) is 17.1. The minimum Gasteiger partial charge on any atom is -0.497 e. The molecule has 1 aliphatic rings. The van der Waals surface area contributed by atoms with Gasteiger partial charge in [0.1, 0.15) is 16.4 Å². The maximum Gasteiger partial charge on any atom is 0.244 e. The smallest absolute Gasteiger partial charge is 0.244 e. The predicted octanol–water partition coefficient (Wildman–Crippen LogP) is 4.29. The van der Waals surface area contributed by atoms with Crippen LogP contribution in [-0.4, -0.2) is 22.1 Å². The first kappa shape index (κ1) is 19.2. The van der Waals surface area contributed by atoms with Gasteiger partial charge in [0, 0.05) is 10.5 Å². The molecule has 5 nitrogen and oxygen atoms in total. The van der Waals surface area contributed by atoms with E-state index in [1.165, 1.54) is 0 Å². The van der Waals surface area contributed by atoms with Gasteiger partial charge in [0.15, 0.2) is 0 Å². The third kappa shape index (κ3) is 4.39. The summed E-state index contributed by atoms with van der Waals surface area (Å²) in [4.78, 5) is 0.146.